The number of halogens is 4. The van der Waals surface area contributed by atoms with Crippen LogP contribution in [0.15, 0.2) is 61.1 Å². The summed E-state index contributed by atoms with van der Waals surface area (Å²) in [5, 5.41) is 21.0. The van der Waals surface area contributed by atoms with Gasteiger partial charge in [0, 0.05) is 31.0 Å². The summed E-state index contributed by atoms with van der Waals surface area (Å²) in [6, 6.07) is 9.50. The Morgan fingerprint density at radius 3 is 2.51 bits per heavy atom. The van der Waals surface area contributed by atoms with E-state index in [9.17, 15) is 27.2 Å². The van der Waals surface area contributed by atoms with Crippen LogP contribution >= 0.6 is 0 Å². The summed E-state index contributed by atoms with van der Waals surface area (Å²) < 4.78 is 56.4. The van der Waals surface area contributed by atoms with Crippen molar-refractivity contribution in [2.45, 2.75) is 45.1 Å². The minimum absolute atomic E-state index is 0.0273. The Kier molecular flexibility index (Phi) is 9.50. The normalized spacial score (nSPS) is 11.2. The van der Waals surface area contributed by atoms with Crippen LogP contribution in [0.2, 0.25) is 0 Å². The Labute approximate surface area is 231 Å². The van der Waals surface area contributed by atoms with Crippen LogP contribution in [0.25, 0.3) is 0 Å². The number of aryl methyl sites for hydroxylation is 2. The largest absolute Gasteiger partial charge is 0.573 e. The van der Waals surface area contributed by atoms with Crippen LogP contribution in [0.1, 0.15) is 40.2 Å². The van der Waals surface area contributed by atoms with E-state index in [1.165, 1.54) is 10.9 Å². The van der Waals surface area contributed by atoms with E-state index < -0.39 is 23.8 Å². The number of alkyl halides is 3. The van der Waals surface area contributed by atoms with Crippen molar-refractivity contribution in [1.82, 2.24) is 35.5 Å². The fourth-order valence-corrected chi connectivity index (χ4v) is 3.67. The van der Waals surface area contributed by atoms with E-state index >= 15 is 0 Å². The Balaban J connectivity index is 1.17. The first kappa shape index (κ1) is 29.0. The Bertz CT molecular complexity index is 1460. The SMILES string of the molecule is O=C(Cc1ccncc1)Nc1ccc(CCCCn2cc(C(=O)NCc3cc(OC(F)(F)F)ccc3F)nn2)nn1. The van der Waals surface area contributed by atoms with Crippen molar-refractivity contribution < 1.29 is 31.9 Å². The molecule has 41 heavy (non-hydrogen) atoms. The molecular weight excluding hydrogens is 548 g/mol. The Morgan fingerprint density at radius 2 is 1.78 bits per heavy atom. The standard InChI is InChI=1S/C26H24F4N8O3/c27-21-6-5-20(41-26(28,29)30)14-18(21)15-32-25(40)22-16-38(37-35-22)12-2-1-3-19-4-7-23(36-34-19)33-24(39)13-17-8-10-31-11-9-17/h4-11,14,16H,1-3,12-13,15H2,(H,32,40)(H,33,36,39). The number of hydrogen-bond donors (Lipinski definition) is 2. The number of rotatable bonds is 12. The fourth-order valence-electron chi connectivity index (χ4n) is 3.67. The van der Waals surface area contributed by atoms with Crippen LogP contribution in [0.5, 0.6) is 5.75 Å². The van der Waals surface area contributed by atoms with E-state index in [0.717, 1.165) is 35.9 Å². The van der Waals surface area contributed by atoms with Crippen molar-refractivity contribution >= 4 is 17.6 Å². The second-order valence-corrected chi connectivity index (χ2v) is 8.80. The lowest BCUT2D eigenvalue weighted by molar-refractivity contribution is -0.274. The van der Waals surface area contributed by atoms with Crippen molar-refractivity contribution in [3.63, 3.8) is 0 Å². The third kappa shape index (κ3) is 9.33. The lowest BCUT2D eigenvalue weighted by atomic mass is 10.2. The molecule has 0 spiro atoms. The van der Waals surface area contributed by atoms with Crippen LogP contribution < -0.4 is 15.4 Å². The van der Waals surface area contributed by atoms with Gasteiger partial charge in [0.25, 0.3) is 5.91 Å². The molecule has 0 aliphatic carbocycles. The van der Waals surface area contributed by atoms with Gasteiger partial charge in [0.2, 0.25) is 5.91 Å². The summed E-state index contributed by atoms with van der Waals surface area (Å²) in [7, 11) is 0. The third-order valence-electron chi connectivity index (χ3n) is 5.63. The Hall–Kier alpha value is -4.95. The van der Waals surface area contributed by atoms with E-state index in [0.29, 0.717) is 25.2 Å². The van der Waals surface area contributed by atoms with Gasteiger partial charge in [-0.15, -0.1) is 23.4 Å². The molecule has 11 nitrogen and oxygen atoms in total. The predicted octanol–water partition coefficient (Wildman–Crippen LogP) is 3.63. The van der Waals surface area contributed by atoms with Crippen molar-refractivity contribution in [1.29, 1.82) is 0 Å². The van der Waals surface area contributed by atoms with Crippen molar-refractivity contribution in [2.24, 2.45) is 0 Å². The summed E-state index contributed by atoms with van der Waals surface area (Å²) >= 11 is 0. The smallest absolute Gasteiger partial charge is 0.406 e. The average Bonchev–Trinajstić information content (AvgIpc) is 3.41. The van der Waals surface area contributed by atoms with E-state index in [1.54, 1.807) is 36.7 Å². The molecule has 3 aromatic heterocycles. The number of carbonyl (C=O) groups excluding carboxylic acids is 2. The number of pyridine rings is 1. The molecule has 2 N–H and O–H groups in total. The second kappa shape index (κ2) is 13.4. The molecule has 0 radical (unpaired) electrons. The highest BCUT2D eigenvalue weighted by molar-refractivity contribution is 5.92. The number of unbranched alkanes of at least 4 members (excludes halogenated alkanes) is 1. The molecule has 0 saturated heterocycles. The van der Waals surface area contributed by atoms with Crippen LogP contribution in [-0.2, 0) is 30.7 Å². The molecule has 0 fully saturated rings. The summed E-state index contributed by atoms with van der Waals surface area (Å²) in [6.45, 7) is 0.0864. The van der Waals surface area contributed by atoms with Crippen LogP contribution in [-0.4, -0.2) is 48.4 Å². The lowest BCUT2D eigenvalue weighted by Crippen LogP contribution is -2.24. The maximum atomic E-state index is 14.0. The molecule has 1 aromatic carbocycles. The molecule has 0 unspecified atom stereocenters. The summed E-state index contributed by atoms with van der Waals surface area (Å²) in [4.78, 5) is 28.4. The van der Waals surface area contributed by atoms with E-state index in [1.807, 2.05) is 0 Å². The maximum Gasteiger partial charge on any atom is 0.573 e. The summed E-state index contributed by atoms with van der Waals surface area (Å²) in [6.07, 6.45) is 1.98. The summed E-state index contributed by atoms with van der Waals surface area (Å²) in [5.74, 6) is -1.92. The van der Waals surface area contributed by atoms with E-state index in [-0.39, 0.29) is 30.1 Å². The number of benzene rings is 1. The first-order valence-electron chi connectivity index (χ1n) is 12.4. The van der Waals surface area contributed by atoms with Crippen LogP contribution in [0, 0.1) is 5.82 Å². The molecule has 3 heterocycles. The molecule has 0 atom stereocenters. The van der Waals surface area contributed by atoms with Gasteiger partial charge in [-0.1, -0.05) is 5.21 Å². The van der Waals surface area contributed by atoms with Crippen LogP contribution in [0.3, 0.4) is 0 Å². The van der Waals surface area contributed by atoms with E-state index in [2.05, 4.69) is 40.9 Å². The minimum Gasteiger partial charge on any atom is -0.406 e. The molecular formula is C26H24F4N8O3. The number of nitrogens with zero attached hydrogens (tertiary/aromatic N) is 6. The number of aromatic nitrogens is 6. The molecule has 15 heteroatoms. The van der Waals surface area contributed by atoms with Crippen LogP contribution in [0.4, 0.5) is 23.4 Å². The molecule has 0 bridgehead atoms. The highest BCUT2D eigenvalue weighted by Crippen LogP contribution is 2.24. The predicted molar refractivity (Wildman–Crippen MR) is 136 cm³/mol. The number of ether oxygens (including phenoxy) is 1. The van der Waals surface area contributed by atoms with Gasteiger partial charge in [0.05, 0.1) is 18.3 Å². The molecule has 0 aliphatic rings. The maximum absolute atomic E-state index is 14.0. The van der Waals surface area contributed by atoms with Gasteiger partial charge in [-0.25, -0.2) is 4.39 Å². The number of anilines is 1. The minimum atomic E-state index is -4.92. The molecule has 4 aromatic rings. The first-order valence-corrected chi connectivity index (χ1v) is 12.4. The quantitative estimate of drug-likeness (QED) is 0.194. The van der Waals surface area contributed by atoms with Crippen molar-refractivity contribution in [2.75, 3.05) is 5.32 Å². The number of amides is 2. The van der Waals surface area contributed by atoms with Gasteiger partial charge in [-0.3, -0.25) is 19.3 Å². The van der Waals surface area contributed by atoms with Gasteiger partial charge < -0.3 is 15.4 Å². The monoisotopic (exact) mass is 572 g/mol. The fraction of sp³-hybridized carbons (Fsp3) is 0.269. The number of hydrogen-bond acceptors (Lipinski definition) is 8. The van der Waals surface area contributed by atoms with E-state index in [4.69, 9.17) is 0 Å². The molecule has 4 rings (SSSR count). The van der Waals surface area contributed by atoms with Gasteiger partial charge >= 0.3 is 6.36 Å². The van der Waals surface area contributed by atoms with Crippen molar-refractivity contribution in [3.05, 3.63) is 89.4 Å². The molecule has 2 amide bonds. The van der Waals surface area contributed by atoms with Gasteiger partial charge in [0.15, 0.2) is 11.5 Å². The average molecular weight is 573 g/mol. The number of carbonyl (C=O) groups is 2. The zero-order valence-corrected chi connectivity index (χ0v) is 21.4. The zero-order valence-electron chi connectivity index (χ0n) is 21.4. The lowest BCUT2D eigenvalue weighted by Gasteiger charge is -2.11. The van der Waals surface area contributed by atoms with Gasteiger partial charge in [-0.05, 0) is 67.3 Å². The highest BCUT2D eigenvalue weighted by Gasteiger charge is 2.31. The first-order chi connectivity index (χ1) is 19.6. The number of nitrogens with one attached hydrogen (secondary N) is 2. The molecule has 214 valence electrons. The molecule has 0 aliphatic heterocycles. The molecule has 0 saturated carbocycles. The Morgan fingerprint density at radius 1 is 0.976 bits per heavy atom. The van der Waals surface area contributed by atoms with Crippen molar-refractivity contribution in [3.8, 4) is 5.75 Å². The highest BCUT2D eigenvalue weighted by atomic mass is 19.4. The van der Waals surface area contributed by atoms with Gasteiger partial charge in [0.1, 0.15) is 11.6 Å². The third-order valence-corrected chi connectivity index (χ3v) is 5.63. The van der Waals surface area contributed by atoms with Gasteiger partial charge in [-0.2, -0.15) is 5.10 Å². The summed E-state index contributed by atoms with van der Waals surface area (Å²) in [5.41, 5.74) is 1.37. The zero-order chi connectivity index (χ0) is 29.2. The second-order valence-electron chi connectivity index (χ2n) is 8.80. The topological polar surface area (TPSA) is 137 Å².